The number of para-hydroxylation sites is 1. The molecule has 0 aliphatic carbocycles. The molecule has 1 N–H and O–H groups in total. The zero-order valence-electron chi connectivity index (χ0n) is 8.65. The topological polar surface area (TPSA) is 55.4 Å². The smallest absolute Gasteiger partial charge is 0.244 e. The van der Waals surface area contributed by atoms with Crippen molar-refractivity contribution in [3.63, 3.8) is 0 Å². The number of sulfonamides is 1. The Labute approximate surface area is 89.3 Å². The van der Waals surface area contributed by atoms with Gasteiger partial charge in [-0.3, -0.25) is 0 Å². The Morgan fingerprint density at radius 2 is 2.00 bits per heavy atom. The van der Waals surface area contributed by atoms with Crippen molar-refractivity contribution in [2.24, 2.45) is 0 Å². The van der Waals surface area contributed by atoms with Crippen LogP contribution in [0.2, 0.25) is 0 Å². The number of hydrogen-bond acceptors (Lipinski definition) is 3. The van der Waals surface area contributed by atoms with Gasteiger partial charge in [0.25, 0.3) is 0 Å². The predicted octanol–water partition coefficient (Wildman–Crippen LogP) is 1.14. The first kappa shape index (κ1) is 10.4. The lowest BCUT2D eigenvalue weighted by atomic mass is 10.1. The summed E-state index contributed by atoms with van der Waals surface area (Å²) >= 11 is 0. The minimum Gasteiger partial charge on any atom is -0.485 e. The van der Waals surface area contributed by atoms with E-state index in [0.717, 1.165) is 0 Å². The molecule has 0 saturated heterocycles. The summed E-state index contributed by atoms with van der Waals surface area (Å²) in [6.45, 7) is 3.96. The van der Waals surface area contributed by atoms with Crippen LogP contribution in [0.3, 0.4) is 0 Å². The van der Waals surface area contributed by atoms with E-state index in [0.29, 0.717) is 5.75 Å². The van der Waals surface area contributed by atoms with E-state index in [1.165, 1.54) is 0 Å². The van der Waals surface area contributed by atoms with Crippen molar-refractivity contribution in [1.29, 1.82) is 0 Å². The highest BCUT2D eigenvalue weighted by molar-refractivity contribution is 7.89. The summed E-state index contributed by atoms with van der Waals surface area (Å²) in [6, 6.07) is 6.65. The number of fused-ring (bicyclic) bond motifs is 1. The number of nitrogens with one attached hydrogen (secondary N) is 1. The Morgan fingerprint density at radius 3 is 2.73 bits per heavy atom. The zero-order valence-corrected chi connectivity index (χ0v) is 9.47. The molecule has 0 spiro atoms. The van der Waals surface area contributed by atoms with E-state index in [9.17, 15) is 8.42 Å². The number of hydrogen-bond donors (Lipinski definition) is 1. The van der Waals surface area contributed by atoms with Crippen LogP contribution in [0.25, 0.3) is 0 Å². The average Bonchev–Trinajstić information content (AvgIpc) is 2.23. The molecular formula is C10H13NO3S. The van der Waals surface area contributed by atoms with E-state index >= 15 is 0 Å². The van der Waals surface area contributed by atoms with Gasteiger partial charge >= 0.3 is 0 Å². The summed E-state index contributed by atoms with van der Waals surface area (Å²) < 4.78 is 31.7. The monoisotopic (exact) mass is 227 g/mol. The molecule has 1 aromatic carbocycles. The normalized spacial score (nSPS) is 22.3. The van der Waals surface area contributed by atoms with Crippen LogP contribution in [0.4, 0.5) is 0 Å². The van der Waals surface area contributed by atoms with Crippen molar-refractivity contribution >= 4 is 10.0 Å². The van der Waals surface area contributed by atoms with Crippen molar-refractivity contribution < 1.29 is 13.2 Å². The van der Waals surface area contributed by atoms with Gasteiger partial charge in [-0.05, 0) is 26.0 Å². The number of ether oxygens (including phenoxy) is 1. The van der Waals surface area contributed by atoms with Gasteiger partial charge in [-0.2, -0.15) is 0 Å². The first-order valence-corrected chi connectivity index (χ1v) is 6.17. The molecule has 0 saturated carbocycles. The first-order valence-electron chi connectivity index (χ1n) is 4.68. The number of rotatable bonds is 0. The predicted molar refractivity (Wildman–Crippen MR) is 56.3 cm³/mol. The van der Waals surface area contributed by atoms with Crippen LogP contribution in [0.5, 0.6) is 5.75 Å². The van der Waals surface area contributed by atoms with E-state index in [-0.39, 0.29) is 11.4 Å². The van der Waals surface area contributed by atoms with Crippen LogP contribution in [-0.2, 0) is 10.0 Å². The van der Waals surface area contributed by atoms with Crippen LogP contribution < -0.4 is 9.46 Å². The Kier molecular flexibility index (Phi) is 2.24. The summed E-state index contributed by atoms with van der Waals surface area (Å²) in [6.07, 6.45) is 0. The molecule has 0 atom stereocenters. The van der Waals surface area contributed by atoms with Gasteiger partial charge in [0.2, 0.25) is 10.0 Å². The molecule has 2 rings (SSSR count). The molecule has 0 aromatic heterocycles. The molecule has 0 bridgehead atoms. The van der Waals surface area contributed by atoms with Gasteiger partial charge in [0.1, 0.15) is 16.2 Å². The Morgan fingerprint density at radius 1 is 1.33 bits per heavy atom. The molecule has 0 unspecified atom stereocenters. The summed E-state index contributed by atoms with van der Waals surface area (Å²) in [5.41, 5.74) is -0.528. The van der Waals surface area contributed by atoms with Crippen LogP contribution in [-0.4, -0.2) is 20.6 Å². The van der Waals surface area contributed by atoms with Gasteiger partial charge < -0.3 is 4.74 Å². The molecular weight excluding hydrogens is 214 g/mol. The minimum absolute atomic E-state index is 0.204. The second kappa shape index (κ2) is 3.21. The van der Waals surface area contributed by atoms with Crippen LogP contribution in [0.1, 0.15) is 13.8 Å². The fourth-order valence-electron chi connectivity index (χ4n) is 1.44. The van der Waals surface area contributed by atoms with Gasteiger partial charge in [-0.15, -0.1) is 0 Å². The van der Waals surface area contributed by atoms with E-state index in [1.807, 2.05) is 13.8 Å². The zero-order chi connectivity index (χ0) is 11.1. The van der Waals surface area contributed by atoms with E-state index in [4.69, 9.17) is 4.74 Å². The second-order valence-corrected chi connectivity index (χ2v) is 5.87. The van der Waals surface area contributed by atoms with Gasteiger partial charge in [0.15, 0.2) is 0 Å². The van der Waals surface area contributed by atoms with E-state index in [1.54, 1.807) is 24.3 Å². The van der Waals surface area contributed by atoms with Gasteiger partial charge in [-0.1, -0.05) is 12.1 Å². The molecule has 1 aliphatic rings. The average molecular weight is 227 g/mol. The van der Waals surface area contributed by atoms with Crippen molar-refractivity contribution in [2.45, 2.75) is 24.3 Å². The molecule has 0 amide bonds. The summed E-state index contributed by atoms with van der Waals surface area (Å²) in [5, 5.41) is 0. The standard InChI is InChI=1S/C10H13NO3S/c1-10(2)7-11-15(12,13)9-6-4-3-5-8(9)14-10/h3-6,11H,7H2,1-2H3. The highest BCUT2D eigenvalue weighted by Crippen LogP contribution is 2.29. The lowest BCUT2D eigenvalue weighted by Gasteiger charge is -2.23. The maximum Gasteiger partial charge on any atom is 0.244 e. The van der Waals surface area contributed by atoms with Crippen molar-refractivity contribution in [3.05, 3.63) is 24.3 Å². The maximum absolute atomic E-state index is 11.8. The second-order valence-electron chi connectivity index (χ2n) is 4.13. The van der Waals surface area contributed by atoms with E-state index < -0.39 is 15.6 Å². The Bertz CT molecular complexity index is 479. The lowest BCUT2D eigenvalue weighted by Crippen LogP contribution is -2.39. The lowest BCUT2D eigenvalue weighted by molar-refractivity contribution is 0.114. The fraction of sp³-hybridized carbons (Fsp3) is 0.400. The molecule has 1 aromatic rings. The third-order valence-electron chi connectivity index (χ3n) is 2.21. The number of benzene rings is 1. The molecule has 4 nitrogen and oxygen atoms in total. The summed E-state index contributed by atoms with van der Waals surface area (Å²) in [5.74, 6) is 0.410. The molecule has 15 heavy (non-hydrogen) atoms. The van der Waals surface area contributed by atoms with Crippen LogP contribution in [0, 0.1) is 0 Å². The SMILES string of the molecule is CC1(C)CNS(=O)(=O)c2ccccc2O1. The largest absolute Gasteiger partial charge is 0.485 e. The molecule has 0 fully saturated rings. The third kappa shape index (κ3) is 1.98. The van der Waals surface area contributed by atoms with Crippen LogP contribution in [0.15, 0.2) is 29.2 Å². The molecule has 1 aliphatic heterocycles. The molecule has 82 valence electrons. The quantitative estimate of drug-likeness (QED) is 0.723. The maximum atomic E-state index is 11.8. The Hall–Kier alpha value is -1.07. The highest BCUT2D eigenvalue weighted by atomic mass is 32.2. The Balaban J connectivity index is 2.60. The first-order chi connectivity index (χ1) is 6.91. The van der Waals surface area contributed by atoms with Gasteiger partial charge in [0.05, 0.1) is 6.54 Å². The molecule has 0 radical (unpaired) electrons. The third-order valence-corrected chi connectivity index (χ3v) is 3.65. The van der Waals surface area contributed by atoms with Crippen molar-refractivity contribution in [1.82, 2.24) is 4.72 Å². The van der Waals surface area contributed by atoms with Crippen LogP contribution >= 0.6 is 0 Å². The van der Waals surface area contributed by atoms with Crippen molar-refractivity contribution in [3.8, 4) is 5.75 Å². The molecule has 5 heteroatoms. The van der Waals surface area contributed by atoms with Crippen molar-refractivity contribution in [2.75, 3.05) is 6.54 Å². The highest BCUT2D eigenvalue weighted by Gasteiger charge is 2.31. The minimum atomic E-state index is -3.42. The summed E-state index contributed by atoms with van der Waals surface area (Å²) in [4.78, 5) is 0.204. The van der Waals surface area contributed by atoms with E-state index in [2.05, 4.69) is 4.72 Å². The molecule has 1 heterocycles. The van der Waals surface area contributed by atoms with Gasteiger partial charge in [0, 0.05) is 0 Å². The van der Waals surface area contributed by atoms with Gasteiger partial charge in [-0.25, -0.2) is 13.1 Å². The summed E-state index contributed by atoms with van der Waals surface area (Å²) in [7, 11) is -3.42. The fourth-order valence-corrected chi connectivity index (χ4v) is 2.76.